The zero-order valence-electron chi connectivity index (χ0n) is 14.6. The van der Waals surface area contributed by atoms with Crippen molar-refractivity contribution in [3.8, 4) is 0 Å². The van der Waals surface area contributed by atoms with Gasteiger partial charge in [0.1, 0.15) is 0 Å². The summed E-state index contributed by atoms with van der Waals surface area (Å²) in [6.45, 7) is 2.80. The Bertz CT molecular complexity index is 925. The Hall–Kier alpha value is -2.46. The molecule has 0 unspecified atom stereocenters. The van der Waals surface area contributed by atoms with E-state index in [0.29, 0.717) is 5.92 Å². The van der Waals surface area contributed by atoms with Gasteiger partial charge in [0.25, 0.3) is 5.56 Å². The molecule has 0 N–H and O–H groups in total. The quantitative estimate of drug-likeness (QED) is 0.738. The first-order chi connectivity index (χ1) is 12.2. The minimum absolute atomic E-state index is 0.120. The molecule has 2 aromatic heterocycles. The van der Waals surface area contributed by atoms with Gasteiger partial charge in [-0.25, -0.2) is 0 Å². The van der Waals surface area contributed by atoms with Crippen molar-refractivity contribution in [1.29, 1.82) is 0 Å². The molecule has 0 amide bonds. The molecule has 1 aromatic carbocycles. The molecule has 25 heavy (non-hydrogen) atoms. The van der Waals surface area contributed by atoms with Crippen molar-refractivity contribution in [1.82, 2.24) is 14.5 Å². The molecule has 0 atom stereocenters. The highest BCUT2D eigenvalue weighted by Gasteiger charge is 2.21. The van der Waals surface area contributed by atoms with E-state index in [1.165, 1.54) is 5.56 Å². The van der Waals surface area contributed by atoms with Gasteiger partial charge in [-0.3, -0.25) is 14.7 Å². The van der Waals surface area contributed by atoms with Crippen LogP contribution in [0, 0.1) is 0 Å². The molecule has 0 aliphatic carbocycles. The number of benzene rings is 1. The van der Waals surface area contributed by atoms with Crippen LogP contribution in [0.15, 0.2) is 59.7 Å². The molecule has 128 valence electrons. The van der Waals surface area contributed by atoms with E-state index < -0.39 is 0 Å². The van der Waals surface area contributed by atoms with E-state index in [1.54, 1.807) is 4.57 Å². The normalized spacial score (nSPS) is 16.4. The molecule has 0 saturated carbocycles. The summed E-state index contributed by atoms with van der Waals surface area (Å²) in [5, 5.41) is 1.13. The van der Waals surface area contributed by atoms with Crippen molar-refractivity contribution < 1.29 is 0 Å². The molecule has 4 rings (SSSR count). The second kappa shape index (κ2) is 6.81. The molecule has 4 heteroatoms. The summed E-state index contributed by atoms with van der Waals surface area (Å²) in [7, 11) is 1.86. The zero-order valence-corrected chi connectivity index (χ0v) is 14.6. The van der Waals surface area contributed by atoms with Gasteiger partial charge in [0.05, 0.1) is 5.52 Å². The number of nitrogens with zero attached hydrogens (tertiary/aromatic N) is 3. The maximum atomic E-state index is 12.7. The lowest BCUT2D eigenvalue weighted by Gasteiger charge is -2.32. The Balaban J connectivity index is 1.50. The van der Waals surface area contributed by atoms with Crippen LogP contribution >= 0.6 is 0 Å². The predicted molar refractivity (Wildman–Crippen MR) is 101 cm³/mol. The van der Waals surface area contributed by atoms with Gasteiger partial charge in [0.15, 0.2) is 0 Å². The van der Waals surface area contributed by atoms with E-state index >= 15 is 0 Å². The molecule has 0 radical (unpaired) electrons. The summed E-state index contributed by atoms with van der Waals surface area (Å²) < 4.78 is 1.77. The largest absolute Gasteiger partial charge is 0.311 e. The van der Waals surface area contributed by atoms with Gasteiger partial charge in [0.2, 0.25) is 0 Å². The van der Waals surface area contributed by atoms with Crippen LogP contribution in [-0.2, 0) is 13.6 Å². The molecule has 3 aromatic rings. The Kier molecular flexibility index (Phi) is 4.36. The van der Waals surface area contributed by atoms with Crippen LogP contribution in [0.3, 0.4) is 0 Å². The Morgan fingerprint density at radius 1 is 1.08 bits per heavy atom. The third-order valence-corrected chi connectivity index (χ3v) is 5.37. The van der Waals surface area contributed by atoms with Crippen LogP contribution in [0.2, 0.25) is 0 Å². The highest BCUT2D eigenvalue weighted by molar-refractivity contribution is 5.79. The van der Waals surface area contributed by atoms with Crippen LogP contribution in [0.1, 0.15) is 29.9 Å². The fraction of sp³-hybridized carbons (Fsp3) is 0.333. The zero-order chi connectivity index (χ0) is 17.2. The molecular weight excluding hydrogens is 310 g/mol. The number of aryl methyl sites for hydroxylation is 1. The summed E-state index contributed by atoms with van der Waals surface area (Å²) in [5.74, 6) is 0.610. The predicted octanol–water partition coefficient (Wildman–Crippen LogP) is 3.31. The first kappa shape index (κ1) is 16.0. The standard InChI is InChI=1S/C21H23N3O/c1-23-20-5-3-2-4-18(20)14-19(21(23)25)15-24-12-8-17(9-13-24)16-6-10-22-11-7-16/h2-7,10-11,14,17H,8-9,12-13,15H2,1H3. The second-order valence-electron chi connectivity index (χ2n) is 6.92. The van der Waals surface area contributed by atoms with E-state index in [9.17, 15) is 4.79 Å². The van der Waals surface area contributed by atoms with Crippen LogP contribution < -0.4 is 5.56 Å². The molecule has 1 fully saturated rings. The molecule has 3 heterocycles. The molecule has 1 aliphatic heterocycles. The van der Waals surface area contributed by atoms with Crippen LogP contribution in [-0.4, -0.2) is 27.5 Å². The molecule has 1 aliphatic rings. The van der Waals surface area contributed by atoms with Crippen LogP contribution in [0.4, 0.5) is 0 Å². The summed E-state index contributed by atoms with van der Waals surface area (Å²) in [6, 6.07) is 14.4. The van der Waals surface area contributed by atoms with E-state index in [0.717, 1.165) is 48.9 Å². The Labute approximate surface area is 147 Å². The lowest BCUT2D eigenvalue weighted by atomic mass is 9.90. The number of piperidine rings is 1. The minimum atomic E-state index is 0.120. The lowest BCUT2D eigenvalue weighted by molar-refractivity contribution is 0.204. The van der Waals surface area contributed by atoms with Crippen molar-refractivity contribution in [3.63, 3.8) is 0 Å². The fourth-order valence-corrected chi connectivity index (χ4v) is 3.90. The molecule has 0 spiro atoms. The van der Waals surface area contributed by atoms with Gasteiger partial charge >= 0.3 is 0 Å². The maximum Gasteiger partial charge on any atom is 0.255 e. The smallest absolute Gasteiger partial charge is 0.255 e. The van der Waals surface area contributed by atoms with Gasteiger partial charge in [-0.2, -0.15) is 0 Å². The minimum Gasteiger partial charge on any atom is -0.311 e. The van der Waals surface area contributed by atoms with Crippen LogP contribution in [0.5, 0.6) is 0 Å². The van der Waals surface area contributed by atoms with E-state index in [1.807, 2.05) is 37.6 Å². The molecular formula is C21H23N3O. The summed E-state index contributed by atoms with van der Waals surface area (Å²) in [6.07, 6.45) is 6.02. The number of para-hydroxylation sites is 1. The van der Waals surface area contributed by atoms with Gasteiger partial charge in [-0.1, -0.05) is 18.2 Å². The molecule has 4 nitrogen and oxygen atoms in total. The number of rotatable bonds is 3. The van der Waals surface area contributed by atoms with E-state index in [-0.39, 0.29) is 5.56 Å². The summed E-state index contributed by atoms with van der Waals surface area (Å²) in [4.78, 5) is 19.2. The SMILES string of the molecule is Cn1c(=O)c(CN2CCC(c3ccncc3)CC2)cc2ccccc21. The Morgan fingerprint density at radius 3 is 2.56 bits per heavy atom. The second-order valence-corrected chi connectivity index (χ2v) is 6.92. The van der Waals surface area contributed by atoms with Crippen molar-refractivity contribution >= 4 is 10.9 Å². The molecule has 1 saturated heterocycles. The number of fused-ring (bicyclic) bond motifs is 1. The molecule has 0 bridgehead atoms. The average Bonchev–Trinajstić information content (AvgIpc) is 2.67. The fourth-order valence-electron chi connectivity index (χ4n) is 3.90. The number of hydrogen-bond donors (Lipinski definition) is 0. The number of likely N-dealkylation sites (tertiary alicyclic amines) is 1. The number of pyridine rings is 2. The maximum absolute atomic E-state index is 12.7. The highest BCUT2D eigenvalue weighted by atomic mass is 16.1. The number of hydrogen-bond acceptors (Lipinski definition) is 3. The Morgan fingerprint density at radius 2 is 1.80 bits per heavy atom. The van der Waals surface area contributed by atoms with Gasteiger partial charge in [-0.15, -0.1) is 0 Å². The lowest BCUT2D eigenvalue weighted by Crippen LogP contribution is -2.35. The van der Waals surface area contributed by atoms with Gasteiger partial charge in [-0.05, 0) is 67.1 Å². The highest BCUT2D eigenvalue weighted by Crippen LogP contribution is 2.28. The van der Waals surface area contributed by atoms with Crippen molar-refractivity contribution in [2.24, 2.45) is 7.05 Å². The van der Waals surface area contributed by atoms with Gasteiger partial charge in [0, 0.05) is 31.5 Å². The van der Waals surface area contributed by atoms with E-state index in [2.05, 4.69) is 34.1 Å². The van der Waals surface area contributed by atoms with Crippen molar-refractivity contribution in [2.75, 3.05) is 13.1 Å². The first-order valence-electron chi connectivity index (χ1n) is 8.92. The van der Waals surface area contributed by atoms with Crippen LogP contribution in [0.25, 0.3) is 10.9 Å². The van der Waals surface area contributed by atoms with Crippen molar-refractivity contribution in [3.05, 3.63) is 76.3 Å². The first-order valence-corrected chi connectivity index (χ1v) is 8.92. The summed E-state index contributed by atoms with van der Waals surface area (Å²) >= 11 is 0. The monoisotopic (exact) mass is 333 g/mol. The summed E-state index contributed by atoms with van der Waals surface area (Å²) in [5.41, 5.74) is 3.39. The van der Waals surface area contributed by atoms with E-state index in [4.69, 9.17) is 0 Å². The topological polar surface area (TPSA) is 38.1 Å². The third-order valence-electron chi connectivity index (χ3n) is 5.37. The number of aromatic nitrogens is 2. The average molecular weight is 333 g/mol. The van der Waals surface area contributed by atoms with Gasteiger partial charge < -0.3 is 4.57 Å². The van der Waals surface area contributed by atoms with Crippen molar-refractivity contribution in [2.45, 2.75) is 25.3 Å². The third kappa shape index (κ3) is 3.22.